The van der Waals surface area contributed by atoms with Gasteiger partial charge in [-0.1, -0.05) is 0 Å². The number of nitrogen functional groups attached to an aromatic ring is 1. The van der Waals surface area contributed by atoms with E-state index < -0.39 is 0 Å². The minimum atomic E-state index is -0.235. The van der Waals surface area contributed by atoms with E-state index in [9.17, 15) is 0 Å². The van der Waals surface area contributed by atoms with Crippen LogP contribution in [0.2, 0.25) is 0 Å². The normalized spacial score (nSPS) is 22.3. The van der Waals surface area contributed by atoms with Gasteiger partial charge in [0, 0.05) is 18.8 Å². The number of hydrogen-bond acceptors (Lipinski definition) is 5. The lowest BCUT2D eigenvalue weighted by molar-refractivity contribution is -0.0753. The summed E-state index contributed by atoms with van der Waals surface area (Å²) in [6.45, 7) is 9.49. The molecule has 1 fully saturated rings. The zero-order chi connectivity index (χ0) is 14.2. The predicted octanol–water partition coefficient (Wildman–Crippen LogP) is 1.07. The van der Waals surface area contributed by atoms with E-state index in [1.165, 1.54) is 0 Å². The summed E-state index contributed by atoms with van der Waals surface area (Å²) in [6.07, 6.45) is 0.119. The fourth-order valence-electron chi connectivity index (χ4n) is 2.44. The number of ether oxygens (including phenoxy) is 1. The van der Waals surface area contributed by atoms with E-state index in [1.54, 1.807) is 6.07 Å². The molecule has 1 aromatic heterocycles. The Morgan fingerprint density at radius 1 is 1.53 bits per heavy atom. The highest BCUT2D eigenvalue weighted by Crippen LogP contribution is 2.24. The molecule has 1 aromatic rings. The Morgan fingerprint density at radius 2 is 2.21 bits per heavy atom. The van der Waals surface area contributed by atoms with Gasteiger partial charge in [-0.05, 0) is 33.8 Å². The monoisotopic (exact) mass is 263 g/mol. The minimum absolute atomic E-state index is 0.0349. The third-order valence-corrected chi connectivity index (χ3v) is 2.97. The number of amidine groups is 1. The highest BCUT2D eigenvalue weighted by Gasteiger charge is 2.32. The highest BCUT2D eigenvalue weighted by atomic mass is 16.5. The fraction of sp³-hybridized carbons (Fsp3) is 0.615. The van der Waals surface area contributed by atoms with E-state index in [-0.39, 0.29) is 17.5 Å². The van der Waals surface area contributed by atoms with Crippen LogP contribution in [-0.4, -0.2) is 40.6 Å². The van der Waals surface area contributed by atoms with Gasteiger partial charge in [0.25, 0.3) is 0 Å². The van der Waals surface area contributed by atoms with Gasteiger partial charge in [0.2, 0.25) is 5.95 Å². The van der Waals surface area contributed by atoms with Crippen LogP contribution in [0.1, 0.15) is 32.2 Å². The third kappa shape index (κ3) is 3.20. The first-order valence-corrected chi connectivity index (χ1v) is 6.40. The van der Waals surface area contributed by atoms with Gasteiger partial charge in [-0.25, -0.2) is 9.97 Å². The summed E-state index contributed by atoms with van der Waals surface area (Å²) in [5.41, 5.74) is 6.56. The molecule has 0 saturated carbocycles. The van der Waals surface area contributed by atoms with Crippen LogP contribution in [0.4, 0.5) is 5.95 Å². The molecule has 0 amide bonds. The number of nitrogens with one attached hydrogen (secondary N) is 1. The molecule has 1 unspecified atom stereocenters. The largest absolute Gasteiger partial charge is 0.382 e. The maximum atomic E-state index is 7.50. The van der Waals surface area contributed by atoms with E-state index in [1.807, 2.05) is 13.8 Å². The summed E-state index contributed by atoms with van der Waals surface area (Å²) in [5.74, 6) is 0.584. The predicted molar refractivity (Wildman–Crippen MR) is 74.6 cm³/mol. The molecular formula is C13H21N5O. The molecule has 6 nitrogen and oxygen atoms in total. The molecule has 6 heteroatoms. The number of aryl methyl sites for hydroxylation is 1. The molecule has 0 radical (unpaired) electrons. The van der Waals surface area contributed by atoms with E-state index >= 15 is 0 Å². The lowest BCUT2D eigenvalue weighted by Gasteiger charge is -2.41. The molecule has 2 rings (SSSR count). The number of morpholine rings is 1. The molecule has 104 valence electrons. The lowest BCUT2D eigenvalue weighted by Crippen LogP contribution is -2.52. The van der Waals surface area contributed by atoms with Crippen LogP contribution in [0.25, 0.3) is 0 Å². The van der Waals surface area contributed by atoms with Crippen LogP contribution in [-0.2, 0) is 4.74 Å². The van der Waals surface area contributed by atoms with Crippen LogP contribution in [0.15, 0.2) is 6.07 Å². The summed E-state index contributed by atoms with van der Waals surface area (Å²) in [4.78, 5) is 10.9. The maximum Gasteiger partial charge on any atom is 0.226 e. The first-order valence-electron chi connectivity index (χ1n) is 6.40. The molecule has 1 aliphatic heterocycles. The Balaban J connectivity index is 2.33. The molecule has 3 N–H and O–H groups in total. The van der Waals surface area contributed by atoms with Gasteiger partial charge in [0.15, 0.2) is 0 Å². The van der Waals surface area contributed by atoms with E-state index in [0.29, 0.717) is 11.6 Å². The maximum absolute atomic E-state index is 7.50. The topological polar surface area (TPSA) is 88.1 Å². The molecule has 1 atom stereocenters. The standard InChI is InChI=1S/C13H21N5O/c1-8-5-10(11(14)15)17-12(16-8)18-6-9(2)19-13(3,4)7-18/h5,9H,6-7H2,1-4H3,(H3,14,15). The van der Waals surface area contributed by atoms with Crippen LogP contribution in [0, 0.1) is 12.3 Å². The average Bonchev–Trinajstić information content (AvgIpc) is 2.25. The molecule has 19 heavy (non-hydrogen) atoms. The molecule has 1 aliphatic rings. The lowest BCUT2D eigenvalue weighted by atomic mass is 10.1. The van der Waals surface area contributed by atoms with Gasteiger partial charge < -0.3 is 15.4 Å². The molecule has 1 saturated heterocycles. The van der Waals surface area contributed by atoms with Crippen LogP contribution in [0.5, 0.6) is 0 Å². The van der Waals surface area contributed by atoms with E-state index in [4.69, 9.17) is 15.9 Å². The summed E-state index contributed by atoms with van der Waals surface area (Å²) in [5, 5.41) is 7.50. The highest BCUT2D eigenvalue weighted by molar-refractivity contribution is 5.93. The Morgan fingerprint density at radius 3 is 2.79 bits per heavy atom. The van der Waals surface area contributed by atoms with E-state index in [0.717, 1.165) is 18.8 Å². The van der Waals surface area contributed by atoms with E-state index in [2.05, 4.69) is 28.7 Å². The van der Waals surface area contributed by atoms with Crippen molar-refractivity contribution >= 4 is 11.8 Å². The van der Waals surface area contributed by atoms with Crippen LogP contribution >= 0.6 is 0 Å². The number of aromatic nitrogens is 2. The zero-order valence-electron chi connectivity index (χ0n) is 11.9. The molecule has 2 heterocycles. The average molecular weight is 263 g/mol. The minimum Gasteiger partial charge on any atom is -0.382 e. The summed E-state index contributed by atoms with van der Waals surface area (Å²) in [6, 6.07) is 1.72. The first-order chi connectivity index (χ1) is 8.77. The summed E-state index contributed by atoms with van der Waals surface area (Å²) in [7, 11) is 0. The summed E-state index contributed by atoms with van der Waals surface area (Å²) >= 11 is 0. The van der Waals surface area contributed by atoms with Gasteiger partial charge in [-0.15, -0.1) is 0 Å². The number of rotatable bonds is 2. The second kappa shape index (κ2) is 4.77. The van der Waals surface area contributed by atoms with Crippen molar-refractivity contribution < 1.29 is 4.74 Å². The van der Waals surface area contributed by atoms with Crippen LogP contribution in [0.3, 0.4) is 0 Å². The zero-order valence-corrected chi connectivity index (χ0v) is 11.9. The Kier molecular flexibility index (Phi) is 3.45. The van der Waals surface area contributed by atoms with Gasteiger partial charge in [0.1, 0.15) is 11.5 Å². The van der Waals surface area contributed by atoms with Gasteiger partial charge >= 0.3 is 0 Å². The second-order valence-electron chi connectivity index (χ2n) is 5.68. The number of hydrogen-bond donors (Lipinski definition) is 2. The Hall–Kier alpha value is -1.69. The number of nitrogens with zero attached hydrogens (tertiary/aromatic N) is 3. The SMILES string of the molecule is Cc1cc(C(=N)N)nc(N2CC(C)OC(C)(C)C2)n1. The second-order valence-corrected chi connectivity index (χ2v) is 5.68. The third-order valence-electron chi connectivity index (χ3n) is 2.97. The van der Waals surface area contributed by atoms with Crippen molar-refractivity contribution in [2.45, 2.75) is 39.4 Å². The molecule has 0 bridgehead atoms. The van der Waals surface area contributed by atoms with Crippen molar-refractivity contribution in [1.29, 1.82) is 5.41 Å². The van der Waals surface area contributed by atoms with Gasteiger partial charge in [-0.3, -0.25) is 5.41 Å². The van der Waals surface area contributed by atoms with Crippen molar-refractivity contribution in [3.8, 4) is 0 Å². The summed E-state index contributed by atoms with van der Waals surface area (Å²) < 4.78 is 5.87. The van der Waals surface area contributed by atoms with Crippen molar-refractivity contribution in [2.24, 2.45) is 5.73 Å². The molecular weight excluding hydrogens is 242 g/mol. The van der Waals surface area contributed by atoms with Crippen molar-refractivity contribution in [3.05, 3.63) is 17.5 Å². The van der Waals surface area contributed by atoms with Crippen molar-refractivity contribution in [2.75, 3.05) is 18.0 Å². The Labute approximate surface area is 113 Å². The van der Waals surface area contributed by atoms with Crippen LogP contribution < -0.4 is 10.6 Å². The fourth-order valence-corrected chi connectivity index (χ4v) is 2.44. The van der Waals surface area contributed by atoms with Crippen molar-refractivity contribution in [1.82, 2.24) is 9.97 Å². The first kappa shape index (κ1) is 13.7. The van der Waals surface area contributed by atoms with Gasteiger partial charge in [-0.2, -0.15) is 0 Å². The van der Waals surface area contributed by atoms with Gasteiger partial charge in [0.05, 0.1) is 11.7 Å². The molecule has 0 spiro atoms. The Bertz CT molecular complexity index is 500. The molecule has 0 aliphatic carbocycles. The molecule has 0 aromatic carbocycles. The smallest absolute Gasteiger partial charge is 0.226 e. The number of nitrogens with two attached hydrogens (primary N) is 1. The number of anilines is 1. The van der Waals surface area contributed by atoms with Crippen molar-refractivity contribution in [3.63, 3.8) is 0 Å². The quantitative estimate of drug-likeness (QED) is 0.615.